The van der Waals surface area contributed by atoms with E-state index < -0.39 is 0 Å². The summed E-state index contributed by atoms with van der Waals surface area (Å²) in [4.78, 5) is 4.58. The smallest absolute Gasteiger partial charge is 0.191 e. The van der Waals surface area contributed by atoms with Gasteiger partial charge in [-0.3, -0.25) is 0 Å². The fourth-order valence-electron chi connectivity index (χ4n) is 1.58. The van der Waals surface area contributed by atoms with Crippen molar-refractivity contribution in [3.63, 3.8) is 0 Å². The van der Waals surface area contributed by atoms with Gasteiger partial charge < -0.3 is 15.4 Å². The van der Waals surface area contributed by atoms with Gasteiger partial charge in [-0.15, -0.1) is 24.0 Å². The molecule has 20 heavy (non-hydrogen) atoms. The lowest BCUT2D eigenvalue weighted by Gasteiger charge is -2.12. The molecule has 0 saturated carbocycles. The lowest BCUT2D eigenvalue weighted by molar-refractivity contribution is 0.203. The van der Waals surface area contributed by atoms with Gasteiger partial charge in [-0.05, 0) is 12.0 Å². The molecule has 1 aromatic rings. The number of hydrogen-bond acceptors (Lipinski definition) is 2. The van der Waals surface area contributed by atoms with Crippen LogP contribution in [0.5, 0.6) is 0 Å². The first-order valence-corrected chi connectivity index (χ1v) is 6.92. The predicted molar refractivity (Wildman–Crippen MR) is 95.8 cm³/mol. The summed E-state index contributed by atoms with van der Waals surface area (Å²) in [6.45, 7) is 5.27. The minimum Gasteiger partial charge on any atom is -0.383 e. The topological polar surface area (TPSA) is 45.7 Å². The van der Waals surface area contributed by atoms with Gasteiger partial charge in [-0.25, -0.2) is 4.99 Å². The first kappa shape index (κ1) is 19.2. The van der Waals surface area contributed by atoms with E-state index in [9.17, 15) is 0 Å². The van der Waals surface area contributed by atoms with Crippen LogP contribution in [0.4, 0.5) is 0 Å². The zero-order valence-electron chi connectivity index (χ0n) is 12.4. The van der Waals surface area contributed by atoms with Crippen molar-refractivity contribution in [3.05, 3.63) is 35.9 Å². The van der Waals surface area contributed by atoms with Crippen LogP contribution in [0.2, 0.25) is 0 Å². The molecule has 5 heteroatoms. The van der Waals surface area contributed by atoms with Gasteiger partial charge in [-0.2, -0.15) is 0 Å². The maximum atomic E-state index is 5.04. The van der Waals surface area contributed by atoms with E-state index in [1.165, 1.54) is 12.0 Å². The second kappa shape index (κ2) is 13.2. The van der Waals surface area contributed by atoms with Gasteiger partial charge in [-0.1, -0.05) is 43.7 Å². The molecule has 0 fully saturated rings. The summed E-state index contributed by atoms with van der Waals surface area (Å²) in [5.74, 6) is 0.856. The Bertz CT molecular complexity index is 345. The number of halogens is 1. The zero-order valence-corrected chi connectivity index (χ0v) is 14.7. The molecule has 1 rings (SSSR count). The molecule has 0 aliphatic rings. The van der Waals surface area contributed by atoms with Crippen molar-refractivity contribution < 1.29 is 4.74 Å². The van der Waals surface area contributed by atoms with Gasteiger partial charge in [0.05, 0.1) is 13.2 Å². The second-order valence-electron chi connectivity index (χ2n) is 4.35. The monoisotopic (exact) mass is 391 g/mol. The van der Waals surface area contributed by atoms with Crippen molar-refractivity contribution in [3.8, 4) is 0 Å². The Morgan fingerprint density at radius 3 is 2.50 bits per heavy atom. The van der Waals surface area contributed by atoms with E-state index in [1.807, 2.05) is 18.2 Å². The van der Waals surface area contributed by atoms with E-state index in [1.54, 1.807) is 7.11 Å². The van der Waals surface area contributed by atoms with Gasteiger partial charge in [0.2, 0.25) is 0 Å². The summed E-state index contributed by atoms with van der Waals surface area (Å²) < 4.78 is 5.04. The zero-order chi connectivity index (χ0) is 13.8. The summed E-state index contributed by atoms with van der Waals surface area (Å²) in [6, 6.07) is 10.3. The Balaban J connectivity index is 0.00000361. The van der Waals surface area contributed by atoms with E-state index in [2.05, 4.69) is 34.7 Å². The molecular formula is C15H26IN3O. The summed E-state index contributed by atoms with van der Waals surface area (Å²) in [5.41, 5.74) is 1.21. The first-order valence-electron chi connectivity index (χ1n) is 6.92. The largest absolute Gasteiger partial charge is 0.383 e. The number of aliphatic imine (C=N–C) groups is 1. The summed E-state index contributed by atoms with van der Waals surface area (Å²) in [6.07, 6.45) is 2.33. The molecule has 0 aromatic heterocycles. The maximum Gasteiger partial charge on any atom is 0.191 e. The van der Waals surface area contributed by atoms with E-state index in [-0.39, 0.29) is 24.0 Å². The van der Waals surface area contributed by atoms with Crippen molar-refractivity contribution in [2.75, 3.05) is 26.8 Å². The highest BCUT2D eigenvalue weighted by atomic mass is 127. The molecule has 0 aliphatic heterocycles. The third kappa shape index (κ3) is 9.14. The highest BCUT2D eigenvalue weighted by Gasteiger charge is 1.97. The van der Waals surface area contributed by atoms with Crippen molar-refractivity contribution in [1.82, 2.24) is 10.6 Å². The normalized spacial score (nSPS) is 10.8. The van der Waals surface area contributed by atoms with Crippen molar-refractivity contribution in [1.29, 1.82) is 0 Å². The van der Waals surface area contributed by atoms with Gasteiger partial charge >= 0.3 is 0 Å². The highest BCUT2D eigenvalue weighted by molar-refractivity contribution is 14.0. The third-order valence-electron chi connectivity index (χ3n) is 2.68. The van der Waals surface area contributed by atoms with Crippen LogP contribution < -0.4 is 10.6 Å². The van der Waals surface area contributed by atoms with Crippen LogP contribution in [-0.4, -0.2) is 32.8 Å². The van der Waals surface area contributed by atoms with Crippen LogP contribution in [0.3, 0.4) is 0 Å². The molecule has 114 valence electrons. The number of unbranched alkanes of at least 4 members (excludes halogenated alkanes) is 1. The van der Waals surface area contributed by atoms with Gasteiger partial charge in [0.25, 0.3) is 0 Å². The third-order valence-corrected chi connectivity index (χ3v) is 2.68. The minimum atomic E-state index is 0. The van der Waals surface area contributed by atoms with E-state index in [0.29, 0.717) is 13.2 Å². The summed E-state index contributed by atoms with van der Waals surface area (Å²) >= 11 is 0. The van der Waals surface area contributed by atoms with Gasteiger partial charge in [0.15, 0.2) is 5.96 Å². The quantitative estimate of drug-likeness (QED) is 0.310. The average Bonchev–Trinajstić information content (AvgIpc) is 2.45. The maximum absolute atomic E-state index is 5.04. The Hall–Kier alpha value is -0.820. The van der Waals surface area contributed by atoms with Crippen molar-refractivity contribution >= 4 is 29.9 Å². The lowest BCUT2D eigenvalue weighted by atomic mass is 10.2. The van der Waals surface area contributed by atoms with Gasteiger partial charge in [0.1, 0.15) is 0 Å². The Morgan fingerprint density at radius 2 is 1.85 bits per heavy atom. The molecule has 0 radical (unpaired) electrons. The number of nitrogens with one attached hydrogen (secondary N) is 2. The first-order chi connectivity index (χ1) is 9.36. The SMILES string of the molecule is CCCCNC(=NCc1ccccc1)NCCOC.I. The van der Waals surface area contributed by atoms with E-state index in [0.717, 1.165) is 25.5 Å². The number of benzene rings is 1. The highest BCUT2D eigenvalue weighted by Crippen LogP contribution is 1.99. The molecule has 0 atom stereocenters. The van der Waals surface area contributed by atoms with E-state index >= 15 is 0 Å². The van der Waals surface area contributed by atoms with Crippen LogP contribution >= 0.6 is 24.0 Å². The van der Waals surface area contributed by atoms with Crippen LogP contribution in [0.15, 0.2) is 35.3 Å². The fraction of sp³-hybridized carbons (Fsp3) is 0.533. The number of guanidine groups is 1. The fourth-order valence-corrected chi connectivity index (χ4v) is 1.58. The standard InChI is InChI=1S/C15H25N3O.HI/c1-3-4-10-16-15(17-11-12-19-2)18-13-14-8-6-5-7-9-14;/h5-9H,3-4,10-13H2,1-2H3,(H2,16,17,18);1H. The summed E-state index contributed by atoms with van der Waals surface area (Å²) in [5, 5.41) is 6.60. The van der Waals surface area contributed by atoms with Crippen LogP contribution in [0, 0.1) is 0 Å². The molecule has 2 N–H and O–H groups in total. The number of rotatable bonds is 8. The molecule has 1 aromatic carbocycles. The number of methoxy groups -OCH3 is 1. The molecular weight excluding hydrogens is 365 g/mol. The van der Waals surface area contributed by atoms with Crippen LogP contribution in [0.25, 0.3) is 0 Å². The number of hydrogen-bond donors (Lipinski definition) is 2. The molecule has 0 saturated heterocycles. The van der Waals surface area contributed by atoms with Gasteiger partial charge in [0, 0.05) is 20.2 Å². The summed E-state index contributed by atoms with van der Waals surface area (Å²) in [7, 11) is 1.70. The number of nitrogens with zero attached hydrogens (tertiary/aromatic N) is 1. The second-order valence-corrected chi connectivity index (χ2v) is 4.35. The predicted octanol–water partition coefficient (Wildman–Crippen LogP) is 2.79. The number of ether oxygens (including phenoxy) is 1. The lowest BCUT2D eigenvalue weighted by Crippen LogP contribution is -2.39. The molecule has 4 nitrogen and oxygen atoms in total. The molecule has 0 bridgehead atoms. The molecule has 0 heterocycles. The Labute approximate surface area is 139 Å². The molecule has 0 amide bonds. The van der Waals surface area contributed by atoms with Crippen LogP contribution in [0.1, 0.15) is 25.3 Å². The Kier molecular flexibility index (Phi) is 12.6. The van der Waals surface area contributed by atoms with Crippen LogP contribution in [-0.2, 0) is 11.3 Å². The molecule has 0 unspecified atom stereocenters. The molecule has 0 aliphatic carbocycles. The average molecular weight is 391 g/mol. The van der Waals surface area contributed by atoms with E-state index in [4.69, 9.17) is 4.74 Å². The minimum absolute atomic E-state index is 0. The Morgan fingerprint density at radius 1 is 1.15 bits per heavy atom. The molecule has 0 spiro atoms. The van der Waals surface area contributed by atoms with Crippen molar-refractivity contribution in [2.24, 2.45) is 4.99 Å². The van der Waals surface area contributed by atoms with Crippen molar-refractivity contribution in [2.45, 2.75) is 26.3 Å².